The van der Waals surface area contributed by atoms with Crippen molar-refractivity contribution in [2.75, 3.05) is 0 Å². The molecule has 3 aromatic carbocycles. The number of hydrazone groups is 1. The molecule has 0 saturated carbocycles. The zero-order valence-corrected chi connectivity index (χ0v) is 18.5. The van der Waals surface area contributed by atoms with Gasteiger partial charge in [0.2, 0.25) is 0 Å². The summed E-state index contributed by atoms with van der Waals surface area (Å²) in [6.07, 6.45) is 3.96. The minimum Gasteiger partial charge on any atom is -0.342 e. The smallest absolute Gasteiger partial charge is 0.0609 e. The Morgan fingerprint density at radius 1 is 0.931 bits per heavy atom. The van der Waals surface area contributed by atoms with E-state index in [2.05, 4.69) is 79.7 Å². The van der Waals surface area contributed by atoms with Crippen molar-refractivity contribution in [3.63, 3.8) is 0 Å². The molecule has 0 aliphatic carbocycles. The average Bonchev–Trinajstić information content (AvgIpc) is 3.06. The van der Waals surface area contributed by atoms with Crippen LogP contribution in [0.2, 0.25) is 10.0 Å². The molecule has 1 N–H and O–H groups in total. The molecule has 6 heteroatoms. The highest BCUT2D eigenvalue weighted by atomic mass is 79.9. The van der Waals surface area contributed by atoms with E-state index < -0.39 is 0 Å². The number of rotatable bonds is 6. The molecule has 0 unspecified atom stereocenters. The van der Waals surface area contributed by atoms with Crippen LogP contribution in [-0.2, 0) is 13.1 Å². The largest absolute Gasteiger partial charge is 0.342 e. The summed E-state index contributed by atoms with van der Waals surface area (Å²) in [7, 11) is 0. The summed E-state index contributed by atoms with van der Waals surface area (Å²) in [5.74, 6) is 0. The van der Waals surface area contributed by atoms with Crippen LogP contribution in [0.4, 0.5) is 0 Å². The van der Waals surface area contributed by atoms with Gasteiger partial charge in [-0.1, -0.05) is 75.5 Å². The lowest BCUT2D eigenvalue weighted by Crippen LogP contribution is -2.06. The van der Waals surface area contributed by atoms with Gasteiger partial charge in [-0.2, -0.15) is 5.10 Å². The van der Waals surface area contributed by atoms with E-state index in [0.717, 1.165) is 27.5 Å². The number of benzene rings is 3. The Hall–Kier alpha value is -2.27. The number of para-hydroxylation sites is 1. The van der Waals surface area contributed by atoms with Crippen molar-refractivity contribution in [3.8, 4) is 0 Å². The van der Waals surface area contributed by atoms with Crippen molar-refractivity contribution in [1.29, 1.82) is 0 Å². The standard InChI is InChI=1S/C23H18BrCl2N3/c24-18-10-8-16(9-11-18)14-29-15-17(19-4-1-2-7-23(19)29)12-27-28-13-20-21(25)5-3-6-22(20)26/h1-12,15,28H,13-14H2/b27-12+. The third kappa shape index (κ3) is 4.67. The fourth-order valence-electron chi connectivity index (χ4n) is 3.24. The van der Waals surface area contributed by atoms with E-state index in [9.17, 15) is 0 Å². The quantitative estimate of drug-likeness (QED) is 0.233. The topological polar surface area (TPSA) is 29.3 Å². The van der Waals surface area contributed by atoms with Gasteiger partial charge in [0.1, 0.15) is 0 Å². The van der Waals surface area contributed by atoms with Crippen LogP contribution in [0.5, 0.6) is 0 Å². The van der Waals surface area contributed by atoms with Gasteiger partial charge in [-0.3, -0.25) is 0 Å². The maximum absolute atomic E-state index is 6.21. The molecule has 0 spiro atoms. The summed E-state index contributed by atoms with van der Waals surface area (Å²) in [6.45, 7) is 1.26. The summed E-state index contributed by atoms with van der Waals surface area (Å²) in [6, 6.07) is 22.2. The normalized spacial score (nSPS) is 11.4. The third-order valence-corrected chi connectivity index (χ3v) is 5.93. The van der Waals surface area contributed by atoms with E-state index in [1.54, 1.807) is 0 Å². The number of hydrogen-bond donors (Lipinski definition) is 1. The van der Waals surface area contributed by atoms with Crippen LogP contribution in [-0.4, -0.2) is 10.8 Å². The predicted octanol–water partition coefficient (Wildman–Crippen LogP) is 6.88. The second kappa shape index (κ2) is 9.04. The van der Waals surface area contributed by atoms with Crippen molar-refractivity contribution in [2.24, 2.45) is 5.10 Å². The highest BCUT2D eigenvalue weighted by molar-refractivity contribution is 9.10. The molecule has 0 fully saturated rings. The molecule has 1 heterocycles. The van der Waals surface area contributed by atoms with Gasteiger partial charge in [-0.15, -0.1) is 0 Å². The van der Waals surface area contributed by atoms with Crippen molar-refractivity contribution in [1.82, 2.24) is 9.99 Å². The highest BCUT2D eigenvalue weighted by Gasteiger charge is 2.08. The van der Waals surface area contributed by atoms with Gasteiger partial charge in [0.05, 0.1) is 12.8 Å². The van der Waals surface area contributed by atoms with E-state index >= 15 is 0 Å². The summed E-state index contributed by atoms with van der Waals surface area (Å²) in [5, 5.41) is 6.81. The van der Waals surface area contributed by atoms with E-state index in [1.807, 2.05) is 30.5 Å². The van der Waals surface area contributed by atoms with Crippen LogP contribution in [0, 0.1) is 0 Å². The number of fused-ring (bicyclic) bond motifs is 1. The Morgan fingerprint density at radius 3 is 2.41 bits per heavy atom. The second-order valence-electron chi connectivity index (χ2n) is 6.65. The molecule has 0 saturated heterocycles. The first kappa shape index (κ1) is 20.0. The molecular weight excluding hydrogens is 469 g/mol. The highest BCUT2D eigenvalue weighted by Crippen LogP contribution is 2.24. The Morgan fingerprint density at radius 2 is 1.66 bits per heavy atom. The maximum atomic E-state index is 6.21. The first-order valence-corrected chi connectivity index (χ1v) is 10.7. The number of nitrogens with one attached hydrogen (secondary N) is 1. The first-order valence-electron chi connectivity index (χ1n) is 9.13. The summed E-state index contributed by atoms with van der Waals surface area (Å²) >= 11 is 15.9. The minimum absolute atomic E-state index is 0.465. The van der Waals surface area contributed by atoms with Gasteiger partial charge in [0, 0.05) is 49.3 Å². The Bertz CT molecular complexity index is 1150. The summed E-state index contributed by atoms with van der Waals surface area (Å²) in [5.41, 5.74) is 7.35. The monoisotopic (exact) mass is 485 g/mol. The third-order valence-electron chi connectivity index (χ3n) is 4.70. The van der Waals surface area contributed by atoms with Crippen LogP contribution in [0.25, 0.3) is 10.9 Å². The number of hydrogen-bond acceptors (Lipinski definition) is 2. The molecule has 0 atom stereocenters. The van der Waals surface area contributed by atoms with Crippen LogP contribution in [0.3, 0.4) is 0 Å². The summed E-state index contributed by atoms with van der Waals surface area (Å²) < 4.78 is 3.32. The maximum Gasteiger partial charge on any atom is 0.0609 e. The van der Waals surface area contributed by atoms with Gasteiger partial charge >= 0.3 is 0 Å². The van der Waals surface area contributed by atoms with Crippen LogP contribution in [0.15, 0.2) is 82.5 Å². The van der Waals surface area contributed by atoms with E-state index in [0.29, 0.717) is 16.6 Å². The molecule has 29 heavy (non-hydrogen) atoms. The van der Waals surface area contributed by atoms with Crippen molar-refractivity contribution >= 4 is 56.2 Å². The molecule has 0 bridgehead atoms. The van der Waals surface area contributed by atoms with Gasteiger partial charge in [0.25, 0.3) is 0 Å². The van der Waals surface area contributed by atoms with Gasteiger partial charge in [0.15, 0.2) is 0 Å². The molecule has 1 aromatic heterocycles. The van der Waals surface area contributed by atoms with Gasteiger partial charge < -0.3 is 9.99 Å². The molecule has 0 amide bonds. The van der Waals surface area contributed by atoms with Gasteiger partial charge in [-0.25, -0.2) is 0 Å². The van der Waals surface area contributed by atoms with Crippen molar-refractivity contribution < 1.29 is 0 Å². The van der Waals surface area contributed by atoms with E-state index in [4.69, 9.17) is 23.2 Å². The van der Waals surface area contributed by atoms with Crippen LogP contribution in [0.1, 0.15) is 16.7 Å². The fraction of sp³-hybridized carbons (Fsp3) is 0.0870. The molecule has 0 aliphatic rings. The Labute approximate surface area is 188 Å². The first-order chi connectivity index (χ1) is 14.1. The fourth-order valence-corrected chi connectivity index (χ4v) is 4.03. The molecule has 4 aromatic rings. The Balaban J connectivity index is 1.54. The molecule has 146 valence electrons. The van der Waals surface area contributed by atoms with Crippen molar-refractivity contribution in [3.05, 3.63) is 104 Å². The second-order valence-corrected chi connectivity index (χ2v) is 8.38. The van der Waals surface area contributed by atoms with Crippen molar-refractivity contribution in [2.45, 2.75) is 13.1 Å². The lowest BCUT2D eigenvalue weighted by atomic mass is 10.2. The van der Waals surface area contributed by atoms with Crippen LogP contribution < -0.4 is 5.43 Å². The number of halogens is 3. The number of aromatic nitrogens is 1. The molecule has 3 nitrogen and oxygen atoms in total. The lowest BCUT2D eigenvalue weighted by Gasteiger charge is -2.05. The molecule has 0 aliphatic heterocycles. The van der Waals surface area contributed by atoms with Crippen LogP contribution >= 0.6 is 39.1 Å². The number of nitrogens with zero attached hydrogens (tertiary/aromatic N) is 2. The Kier molecular flexibility index (Phi) is 6.24. The minimum atomic E-state index is 0.465. The SMILES string of the molecule is Clc1cccc(Cl)c1CN/N=C/c1cn(Cc2ccc(Br)cc2)c2ccccc12. The van der Waals surface area contributed by atoms with Gasteiger partial charge in [-0.05, 0) is 35.9 Å². The van der Waals surface area contributed by atoms with E-state index in [-0.39, 0.29) is 0 Å². The average molecular weight is 487 g/mol. The predicted molar refractivity (Wildman–Crippen MR) is 126 cm³/mol. The zero-order valence-electron chi connectivity index (χ0n) is 15.4. The summed E-state index contributed by atoms with van der Waals surface area (Å²) in [4.78, 5) is 0. The zero-order chi connectivity index (χ0) is 20.2. The molecule has 4 rings (SSSR count). The lowest BCUT2D eigenvalue weighted by molar-refractivity contribution is 0.748. The molecular formula is C23H18BrCl2N3. The molecule has 0 radical (unpaired) electrons. The van der Waals surface area contributed by atoms with E-state index in [1.165, 1.54) is 11.1 Å².